The quantitative estimate of drug-likeness (QED) is 0.857. The van der Waals surface area contributed by atoms with Crippen LogP contribution in [0, 0.1) is 0 Å². The number of hydrogen-bond acceptors (Lipinski definition) is 7. The summed E-state index contributed by atoms with van der Waals surface area (Å²) < 4.78 is 11.5. The number of para-hydroxylation sites is 2. The minimum Gasteiger partial charge on any atom is -0.485 e. The number of benzene rings is 1. The number of hydrogen-bond donors (Lipinski definition) is 1. The maximum Gasteiger partial charge on any atom is 0.267 e. The maximum absolute atomic E-state index is 12.8. The van der Waals surface area contributed by atoms with Gasteiger partial charge in [0.2, 0.25) is 6.10 Å². The highest BCUT2D eigenvalue weighted by Gasteiger charge is 2.36. The molecule has 4 rings (SSSR count). The number of carbonyl (C=O) groups is 1. The summed E-state index contributed by atoms with van der Waals surface area (Å²) in [6.45, 7) is 2.18. The Morgan fingerprint density at radius 3 is 2.96 bits per heavy atom. The number of amides is 1. The number of ether oxygens (including phenoxy) is 2. The fourth-order valence-corrected chi connectivity index (χ4v) is 3.49. The number of rotatable bonds is 4. The molecule has 1 amide bonds. The van der Waals surface area contributed by atoms with Gasteiger partial charge in [0, 0.05) is 25.3 Å². The van der Waals surface area contributed by atoms with Gasteiger partial charge in [0.1, 0.15) is 18.2 Å². The van der Waals surface area contributed by atoms with Crippen molar-refractivity contribution in [2.45, 2.75) is 25.1 Å². The number of nitrogens with zero attached hydrogens (tertiary/aromatic N) is 4. The summed E-state index contributed by atoms with van der Waals surface area (Å²) in [4.78, 5) is 25.3. The molecule has 3 heterocycles. The molecule has 1 aromatic carbocycles. The van der Waals surface area contributed by atoms with Crippen LogP contribution < -0.4 is 15.2 Å². The maximum atomic E-state index is 12.8. The van der Waals surface area contributed by atoms with E-state index in [0.717, 1.165) is 6.42 Å². The molecule has 2 aliphatic rings. The van der Waals surface area contributed by atoms with Gasteiger partial charge in [-0.05, 0) is 31.7 Å². The summed E-state index contributed by atoms with van der Waals surface area (Å²) >= 11 is 0. The normalized spacial score (nSPS) is 21.5. The largest absolute Gasteiger partial charge is 0.485 e. The SMILES string of the molecule is CN(Cc1nccc(N)n1)[C@@H]1CCN(C(=O)[C@H]2COc3ccccc3O2)C1. The summed E-state index contributed by atoms with van der Waals surface area (Å²) in [6.07, 6.45) is 1.96. The van der Waals surface area contributed by atoms with E-state index in [1.54, 1.807) is 12.3 Å². The zero-order valence-corrected chi connectivity index (χ0v) is 15.2. The monoisotopic (exact) mass is 369 g/mol. The molecule has 8 nitrogen and oxygen atoms in total. The van der Waals surface area contributed by atoms with Gasteiger partial charge in [-0.3, -0.25) is 9.69 Å². The Hall–Kier alpha value is -2.87. The third kappa shape index (κ3) is 3.80. The second-order valence-electron chi connectivity index (χ2n) is 6.90. The van der Waals surface area contributed by atoms with Gasteiger partial charge in [0.05, 0.1) is 6.54 Å². The molecule has 1 saturated heterocycles. The molecule has 0 aliphatic carbocycles. The molecule has 1 aromatic heterocycles. The number of anilines is 1. The Labute approximate surface area is 157 Å². The summed E-state index contributed by atoms with van der Waals surface area (Å²) in [5, 5.41) is 0. The predicted octanol–water partition coefficient (Wildman–Crippen LogP) is 0.931. The Bertz CT molecular complexity index is 830. The molecule has 2 N–H and O–H groups in total. The zero-order chi connectivity index (χ0) is 18.8. The van der Waals surface area contributed by atoms with Crippen LogP contribution in [0.15, 0.2) is 36.5 Å². The number of nitrogen functional groups attached to an aromatic ring is 1. The van der Waals surface area contributed by atoms with Crippen LogP contribution in [0.4, 0.5) is 5.82 Å². The van der Waals surface area contributed by atoms with Crippen molar-refractivity contribution in [1.29, 1.82) is 0 Å². The van der Waals surface area contributed by atoms with E-state index in [9.17, 15) is 4.79 Å². The number of carbonyl (C=O) groups excluding carboxylic acids is 1. The van der Waals surface area contributed by atoms with Crippen LogP contribution in [0.1, 0.15) is 12.2 Å². The minimum atomic E-state index is -0.596. The molecular weight excluding hydrogens is 346 g/mol. The molecule has 2 aromatic rings. The fraction of sp³-hybridized carbons (Fsp3) is 0.421. The molecule has 0 radical (unpaired) electrons. The zero-order valence-electron chi connectivity index (χ0n) is 15.2. The van der Waals surface area contributed by atoms with E-state index in [-0.39, 0.29) is 18.6 Å². The third-order valence-electron chi connectivity index (χ3n) is 5.00. The smallest absolute Gasteiger partial charge is 0.267 e. The average Bonchev–Trinajstić information content (AvgIpc) is 3.17. The van der Waals surface area contributed by atoms with Gasteiger partial charge in [-0.2, -0.15) is 0 Å². The highest BCUT2D eigenvalue weighted by Crippen LogP contribution is 2.31. The van der Waals surface area contributed by atoms with Gasteiger partial charge in [0.25, 0.3) is 5.91 Å². The first-order chi connectivity index (χ1) is 13.1. The van der Waals surface area contributed by atoms with Gasteiger partial charge in [0.15, 0.2) is 11.5 Å². The molecule has 0 spiro atoms. The van der Waals surface area contributed by atoms with Gasteiger partial charge in [-0.15, -0.1) is 0 Å². The molecule has 2 aliphatic heterocycles. The lowest BCUT2D eigenvalue weighted by molar-refractivity contribution is -0.140. The molecule has 8 heteroatoms. The van der Waals surface area contributed by atoms with Crippen molar-refractivity contribution in [1.82, 2.24) is 19.8 Å². The summed E-state index contributed by atoms with van der Waals surface area (Å²) in [5.74, 6) is 2.42. The standard InChI is InChI=1S/C19H23N5O3/c1-23(11-18-21-8-6-17(20)22-18)13-7-9-24(10-13)19(25)16-12-26-14-4-2-3-5-15(14)27-16/h2-6,8,13,16H,7,9-12H2,1H3,(H2,20,21,22)/t13-,16-/m1/s1. The van der Waals surface area contributed by atoms with Crippen LogP contribution in [0.25, 0.3) is 0 Å². The van der Waals surface area contributed by atoms with Gasteiger partial charge < -0.3 is 20.1 Å². The van der Waals surface area contributed by atoms with Crippen molar-refractivity contribution >= 4 is 11.7 Å². The molecular formula is C19H23N5O3. The first kappa shape index (κ1) is 17.5. The van der Waals surface area contributed by atoms with E-state index in [1.165, 1.54) is 0 Å². The van der Waals surface area contributed by atoms with Crippen molar-refractivity contribution in [3.8, 4) is 11.5 Å². The van der Waals surface area contributed by atoms with E-state index in [0.29, 0.717) is 42.8 Å². The van der Waals surface area contributed by atoms with E-state index >= 15 is 0 Å². The van der Waals surface area contributed by atoms with Crippen LogP contribution in [0.2, 0.25) is 0 Å². The van der Waals surface area contributed by atoms with Crippen LogP contribution in [-0.4, -0.2) is 64.6 Å². The second kappa shape index (κ2) is 7.40. The predicted molar refractivity (Wildman–Crippen MR) is 99.2 cm³/mol. The van der Waals surface area contributed by atoms with Crippen molar-refractivity contribution < 1.29 is 14.3 Å². The van der Waals surface area contributed by atoms with E-state index in [2.05, 4.69) is 14.9 Å². The van der Waals surface area contributed by atoms with Crippen molar-refractivity contribution in [2.75, 3.05) is 32.5 Å². The molecule has 2 atom stereocenters. The van der Waals surface area contributed by atoms with E-state index in [1.807, 2.05) is 36.2 Å². The summed E-state index contributed by atoms with van der Waals surface area (Å²) in [7, 11) is 2.02. The Balaban J connectivity index is 1.34. The summed E-state index contributed by atoms with van der Waals surface area (Å²) in [5.41, 5.74) is 5.72. The van der Waals surface area contributed by atoms with Crippen LogP contribution in [-0.2, 0) is 11.3 Å². The Kier molecular flexibility index (Phi) is 4.81. The molecule has 27 heavy (non-hydrogen) atoms. The van der Waals surface area contributed by atoms with Crippen molar-refractivity contribution in [3.05, 3.63) is 42.4 Å². The lowest BCUT2D eigenvalue weighted by Crippen LogP contribution is -2.46. The Morgan fingerprint density at radius 2 is 2.15 bits per heavy atom. The fourth-order valence-electron chi connectivity index (χ4n) is 3.49. The lowest BCUT2D eigenvalue weighted by atomic mass is 10.2. The lowest BCUT2D eigenvalue weighted by Gasteiger charge is -2.29. The van der Waals surface area contributed by atoms with Crippen molar-refractivity contribution in [3.63, 3.8) is 0 Å². The van der Waals surface area contributed by atoms with Gasteiger partial charge in [-0.25, -0.2) is 9.97 Å². The first-order valence-corrected chi connectivity index (χ1v) is 9.05. The third-order valence-corrected chi connectivity index (χ3v) is 5.00. The van der Waals surface area contributed by atoms with Crippen LogP contribution in [0.5, 0.6) is 11.5 Å². The summed E-state index contributed by atoms with van der Waals surface area (Å²) in [6, 6.07) is 9.33. The van der Waals surface area contributed by atoms with E-state index in [4.69, 9.17) is 15.2 Å². The van der Waals surface area contributed by atoms with Crippen LogP contribution in [0.3, 0.4) is 0 Å². The molecule has 0 bridgehead atoms. The van der Waals surface area contributed by atoms with Crippen molar-refractivity contribution in [2.24, 2.45) is 0 Å². The topological polar surface area (TPSA) is 93.8 Å². The minimum absolute atomic E-state index is 0.0272. The first-order valence-electron chi connectivity index (χ1n) is 9.05. The van der Waals surface area contributed by atoms with Gasteiger partial charge in [-0.1, -0.05) is 12.1 Å². The highest BCUT2D eigenvalue weighted by molar-refractivity contribution is 5.82. The number of likely N-dealkylation sites (N-methyl/N-ethyl adjacent to an activating group) is 1. The highest BCUT2D eigenvalue weighted by atomic mass is 16.6. The number of fused-ring (bicyclic) bond motifs is 1. The molecule has 0 unspecified atom stereocenters. The van der Waals surface area contributed by atoms with E-state index < -0.39 is 6.10 Å². The van der Waals surface area contributed by atoms with Crippen LogP contribution >= 0.6 is 0 Å². The number of nitrogens with two attached hydrogens (primary N) is 1. The second-order valence-corrected chi connectivity index (χ2v) is 6.90. The Morgan fingerprint density at radius 1 is 1.33 bits per heavy atom. The molecule has 0 saturated carbocycles. The number of aromatic nitrogens is 2. The van der Waals surface area contributed by atoms with Gasteiger partial charge >= 0.3 is 0 Å². The molecule has 1 fully saturated rings. The number of likely N-dealkylation sites (tertiary alicyclic amines) is 1. The molecule has 142 valence electrons. The average molecular weight is 369 g/mol.